The van der Waals surface area contributed by atoms with E-state index in [0.717, 1.165) is 18.0 Å². The molecular formula is C17H26N2O2. The Hall–Kier alpha value is -1.26. The van der Waals surface area contributed by atoms with Gasteiger partial charge in [-0.05, 0) is 70.1 Å². The van der Waals surface area contributed by atoms with Crippen LogP contribution >= 0.6 is 0 Å². The Labute approximate surface area is 127 Å². The Bertz CT molecular complexity index is 458. The normalized spacial score (nSPS) is 19.7. The van der Waals surface area contributed by atoms with Crippen LogP contribution in [0.25, 0.3) is 0 Å². The third-order valence-electron chi connectivity index (χ3n) is 4.37. The maximum absolute atomic E-state index is 5.65. The highest BCUT2D eigenvalue weighted by Crippen LogP contribution is 2.32. The van der Waals surface area contributed by atoms with Gasteiger partial charge < -0.3 is 19.7 Å². The van der Waals surface area contributed by atoms with Crippen molar-refractivity contribution in [1.29, 1.82) is 0 Å². The van der Waals surface area contributed by atoms with E-state index in [1.165, 1.54) is 44.5 Å². The van der Waals surface area contributed by atoms with Crippen LogP contribution in [0.1, 0.15) is 37.8 Å². The fourth-order valence-corrected chi connectivity index (χ4v) is 3.07. The van der Waals surface area contributed by atoms with Crippen LogP contribution in [0.15, 0.2) is 18.2 Å². The van der Waals surface area contributed by atoms with Gasteiger partial charge in [-0.2, -0.15) is 0 Å². The molecule has 116 valence electrons. The Morgan fingerprint density at radius 3 is 2.71 bits per heavy atom. The van der Waals surface area contributed by atoms with E-state index in [-0.39, 0.29) is 0 Å². The summed E-state index contributed by atoms with van der Waals surface area (Å²) in [6, 6.07) is 6.60. The van der Waals surface area contributed by atoms with Crippen LogP contribution in [-0.4, -0.2) is 44.3 Å². The van der Waals surface area contributed by atoms with Gasteiger partial charge in [0.05, 0.1) is 0 Å². The summed E-state index contributed by atoms with van der Waals surface area (Å²) < 4.78 is 11.2. The molecule has 0 radical (unpaired) electrons. The van der Waals surface area contributed by atoms with Gasteiger partial charge in [-0.15, -0.1) is 0 Å². The summed E-state index contributed by atoms with van der Waals surface area (Å²) in [6.45, 7) is 8.37. The van der Waals surface area contributed by atoms with Crippen LogP contribution in [0, 0.1) is 0 Å². The molecule has 2 heterocycles. The van der Waals surface area contributed by atoms with E-state index in [0.29, 0.717) is 19.3 Å². The number of hydrogen-bond acceptors (Lipinski definition) is 4. The molecule has 0 aliphatic carbocycles. The summed E-state index contributed by atoms with van der Waals surface area (Å²) in [6.07, 6.45) is 3.97. The molecule has 1 saturated heterocycles. The smallest absolute Gasteiger partial charge is 0.161 e. The quantitative estimate of drug-likeness (QED) is 0.817. The van der Waals surface area contributed by atoms with E-state index < -0.39 is 0 Å². The second-order valence-electron chi connectivity index (χ2n) is 5.98. The number of ether oxygens (including phenoxy) is 2. The number of nitrogens with zero attached hydrogens (tertiary/aromatic N) is 1. The molecule has 2 aliphatic heterocycles. The van der Waals surface area contributed by atoms with Crippen molar-refractivity contribution in [2.75, 3.05) is 39.4 Å². The summed E-state index contributed by atoms with van der Waals surface area (Å²) in [5.41, 5.74) is 1.26. The molecule has 0 saturated carbocycles. The minimum absolute atomic E-state index is 0.347. The second kappa shape index (κ2) is 7.14. The van der Waals surface area contributed by atoms with Gasteiger partial charge in [-0.25, -0.2) is 0 Å². The fourth-order valence-electron chi connectivity index (χ4n) is 3.07. The Morgan fingerprint density at radius 1 is 1.14 bits per heavy atom. The lowest BCUT2D eigenvalue weighted by molar-refractivity contribution is 0.171. The first kappa shape index (κ1) is 14.7. The Morgan fingerprint density at radius 2 is 1.90 bits per heavy atom. The standard InChI is InChI=1S/C17H26N2O2/c1-14(18-7-4-10-19-8-2-3-9-19)15-5-6-16-17(13-15)21-12-11-20-16/h5-6,13-14,18H,2-4,7-12H2,1H3. The van der Waals surface area contributed by atoms with Gasteiger partial charge >= 0.3 is 0 Å². The summed E-state index contributed by atoms with van der Waals surface area (Å²) in [5, 5.41) is 3.61. The highest BCUT2D eigenvalue weighted by molar-refractivity contribution is 5.44. The molecule has 3 rings (SSSR count). The third-order valence-corrected chi connectivity index (χ3v) is 4.37. The van der Waals surface area contributed by atoms with Crippen molar-refractivity contribution < 1.29 is 9.47 Å². The van der Waals surface area contributed by atoms with Crippen molar-refractivity contribution in [2.45, 2.75) is 32.2 Å². The summed E-state index contributed by atoms with van der Waals surface area (Å²) in [4.78, 5) is 2.57. The van der Waals surface area contributed by atoms with Crippen LogP contribution in [-0.2, 0) is 0 Å². The SMILES string of the molecule is CC(NCCCN1CCCC1)c1ccc2c(c1)OCCO2. The van der Waals surface area contributed by atoms with Gasteiger partial charge in [0.15, 0.2) is 11.5 Å². The Kier molecular flexibility index (Phi) is 4.99. The van der Waals surface area contributed by atoms with Gasteiger partial charge in [0, 0.05) is 6.04 Å². The summed E-state index contributed by atoms with van der Waals surface area (Å²) in [7, 11) is 0. The van der Waals surface area contributed by atoms with Gasteiger partial charge in [-0.1, -0.05) is 6.07 Å². The van der Waals surface area contributed by atoms with E-state index in [1.807, 2.05) is 6.07 Å². The number of fused-ring (bicyclic) bond motifs is 1. The predicted molar refractivity (Wildman–Crippen MR) is 84.1 cm³/mol. The van der Waals surface area contributed by atoms with Crippen molar-refractivity contribution >= 4 is 0 Å². The van der Waals surface area contributed by atoms with Crippen molar-refractivity contribution in [3.05, 3.63) is 23.8 Å². The van der Waals surface area contributed by atoms with Gasteiger partial charge in [0.2, 0.25) is 0 Å². The van der Waals surface area contributed by atoms with E-state index in [1.54, 1.807) is 0 Å². The average Bonchev–Trinajstić information content (AvgIpc) is 3.04. The molecule has 1 N–H and O–H groups in total. The second-order valence-corrected chi connectivity index (χ2v) is 5.98. The first-order chi connectivity index (χ1) is 10.3. The van der Waals surface area contributed by atoms with E-state index in [9.17, 15) is 0 Å². The molecule has 21 heavy (non-hydrogen) atoms. The molecule has 0 bridgehead atoms. The van der Waals surface area contributed by atoms with E-state index >= 15 is 0 Å². The summed E-state index contributed by atoms with van der Waals surface area (Å²) in [5.74, 6) is 1.75. The molecule has 1 aromatic rings. The molecular weight excluding hydrogens is 264 g/mol. The highest BCUT2D eigenvalue weighted by Gasteiger charge is 2.14. The van der Waals surface area contributed by atoms with Gasteiger partial charge in [0.1, 0.15) is 13.2 Å². The first-order valence-electron chi connectivity index (χ1n) is 8.18. The van der Waals surface area contributed by atoms with E-state index in [4.69, 9.17) is 9.47 Å². The van der Waals surface area contributed by atoms with E-state index in [2.05, 4.69) is 29.3 Å². The van der Waals surface area contributed by atoms with Crippen LogP contribution < -0.4 is 14.8 Å². The summed E-state index contributed by atoms with van der Waals surface area (Å²) >= 11 is 0. The molecule has 0 amide bonds. The predicted octanol–water partition coefficient (Wildman–Crippen LogP) is 2.59. The molecule has 0 spiro atoms. The average molecular weight is 290 g/mol. The lowest BCUT2D eigenvalue weighted by Crippen LogP contribution is -2.26. The number of rotatable bonds is 6. The zero-order valence-electron chi connectivity index (χ0n) is 12.9. The molecule has 4 nitrogen and oxygen atoms in total. The first-order valence-corrected chi connectivity index (χ1v) is 8.18. The number of nitrogens with one attached hydrogen (secondary N) is 1. The molecule has 1 fully saturated rings. The zero-order chi connectivity index (χ0) is 14.5. The third kappa shape index (κ3) is 3.89. The molecule has 2 aliphatic rings. The molecule has 1 aromatic carbocycles. The number of likely N-dealkylation sites (tertiary alicyclic amines) is 1. The van der Waals surface area contributed by atoms with Crippen molar-refractivity contribution in [1.82, 2.24) is 10.2 Å². The fraction of sp³-hybridized carbons (Fsp3) is 0.647. The molecule has 4 heteroatoms. The van der Waals surface area contributed by atoms with Crippen molar-refractivity contribution in [3.63, 3.8) is 0 Å². The highest BCUT2D eigenvalue weighted by atomic mass is 16.6. The van der Waals surface area contributed by atoms with Crippen molar-refractivity contribution in [2.24, 2.45) is 0 Å². The maximum atomic E-state index is 5.65. The lowest BCUT2D eigenvalue weighted by Gasteiger charge is -2.21. The maximum Gasteiger partial charge on any atom is 0.161 e. The van der Waals surface area contributed by atoms with Crippen LogP contribution in [0.2, 0.25) is 0 Å². The molecule has 1 atom stereocenters. The van der Waals surface area contributed by atoms with Gasteiger partial charge in [0.25, 0.3) is 0 Å². The lowest BCUT2D eigenvalue weighted by atomic mass is 10.1. The van der Waals surface area contributed by atoms with Gasteiger partial charge in [-0.3, -0.25) is 0 Å². The van der Waals surface area contributed by atoms with Crippen LogP contribution in [0.5, 0.6) is 11.5 Å². The topological polar surface area (TPSA) is 33.7 Å². The largest absolute Gasteiger partial charge is 0.486 e. The molecule has 0 aromatic heterocycles. The van der Waals surface area contributed by atoms with Crippen LogP contribution in [0.3, 0.4) is 0 Å². The van der Waals surface area contributed by atoms with Crippen LogP contribution in [0.4, 0.5) is 0 Å². The number of benzene rings is 1. The zero-order valence-corrected chi connectivity index (χ0v) is 12.9. The number of hydrogen-bond donors (Lipinski definition) is 1. The van der Waals surface area contributed by atoms with Crippen molar-refractivity contribution in [3.8, 4) is 11.5 Å². The minimum Gasteiger partial charge on any atom is -0.486 e. The minimum atomic E-state index is 0.347. The monoisotopic (exact) mass is 290 g/mol. The molecule has 1 unspecified atom stereocenters. The Balaban J connectivity index is 1.45.